The molecule has 2 aromatic carbocycles. The number of hydrogen-bond acceptors (Lipinski definition) is 3. The van der Waals surface area contributed by atoms with Crippen molar-refractivity contribution in [2.45, 2.75) is 12.8 Å². The van der Waals surface area contributed by atoms with Gasteiger partial charge in [-0.1, -0.05) is 48.5 Å². The van der Waals surface area contributed by atoms with Crippen molar-refractivity contribution in [1.82, 2.24) is 9.97 Å². The average molecular weight is 322 g/mol. The molecule has 3 aromatic rings. The Morgan fingerprint density at radius 2 is 1.75 bits per heavy atom. The lowest BCUT2D eigenvalue weighted by atomic mass is 9.96. The summed E-state index contributed by atoms with van der Waals surface area (Å²) in [4.78, 5) is 29.6. The van der Waals surface area contributed by atoms with Crippen molar-refractivity contribution in [2.75, 3.05) is 0 Å². The zero-order valence-corrected chi connectivity index (χ0v) is 13.2. The maximum atomic E-state index is 12.2. The van der Waals surface area contributed by atoms with Crippen LogP contribution in [0.2, 0.25) is 0 Å². The van der Waals surface area contributed by atoms with E-state index in [2.05, 4.69) is 9.97 Å². The number of carbonyl (C=O) groups excluding carboxylic acids is 1. The Kier molecular flexibility index (Phi) is 6.02. The summed E-state index contributed by atoms with van der Waals surface area (Å²) < 4.78 is 0. The van der Waals surface area contributed by atoms with Crippen molar-refractivity contribution in [1.29, 1.82) is 0 Å². The average Bonchev–Trinajstić information content (AvgIpc) is 3.21. The number of carbonyl (C=O) groups is 2. The number of carboxylic acid groups (broad SMARTS) is 1. The molecule has 1 aromatic heterocycles. The van der Waals surface area contributed by atoms with Crippen molar-refractivity contribution in [3.8, 4) is 0 Å². The number of benzene rings is 2. The van der Waals surface area contributed by atoms with E-state index in [0.29, 0.717) is 16.7 Å². The van der Waals surface area contributed by atoms with E-state index in [0.717, 1.165) is 0 Å². The molecule has 0 aliphatic carbocycles. The Labute approximate surface area is 140 Å². The number of rotatable bonds is 4. The number of nitrogens with zero attached hydrogens (tertiary/aromatic N) is 1. The normalized spacial score (nSPS) is 11.0. The molecular formula is C19H18N2O3. The summed E-state index contributed by atoms with van der Waals surface area (Å²) in [5.41, 5.74) is 1.74. The number of aromatic amines is 1. The Bertz CT molecular complexity index is 766. The summed E-state index contributed by atoms with van der Waals surface area (Å²) in [6.45, 7) is 1.61. The largest absolute Gasteiger partial charge is 0.481 e. The molecule has 0 amide bonds. The van der Waals surface area contributed by atoms with Crippen LogP contribution in [0.3, 0.4) is 0 Å². The zero-order chi connectivity index (χ0) is 17.4. The molecule has 0 unspecified atom stereocenters. The lowest BCUT2D eigenvalue weighted by Gasteiger charge is -2.08. The molecule has 0 aliphatic rings. The first-order valence-corrected chi connectivity index (χ1v) is 7.45. The van der Waals surface area contributed by atoms with Crippen LogP contribution < -0.4 is 0 Å². The second-order valence-corrected chi connectivity index (χ2v) is 5.14. The number of aromatic nitrogens is 2. The Morgan fingerprint density at radius 1 is 1.04 bits per heavy atom. The monoisotopic (exact) mass is 322 g/mol. The minimum Gasteiger partial charge on any atom is -0.481 e. The third kappa shape index (κ3) is 4.64. The minimum atomic E-state index is -0.899. The highest BCUT2D eigenvalue weighted by Gasteiger charge is 2.16. The van der Waals surface area contributed by atoms with Gasteiger partial charge < -0.3 is 10.1 Å². The Hall–Kier alpha value is -3.21. The van der Waals surface area contributed by atoms with Crippen LogP contribution in [-0.4, -0.2) is 26.8 Å². The molecule has 0 radical (unpaired) electrons. The molecule has 5 heteroatoms. The maximum absolute atomic E-state index is 12.2. The summed E-state index contributed by atoms with van der Waals surface area (Å²) in [5, 5.41) is 9.00. The molecule has 0 spiro atoms. The number of H-pyrrole nitrogens is 1. The number of nitrogens with one attached hydrogen (secondary N) is 1. The van der Waals surface area contributed by atoms with E-state index in [-0.39, 0.29) is 5.78 Å². The van der Waals surface area contributed by atoms with Crippen LogP contribution >= 0.6 is 0 Å². The SMILES string of the molecule is C[C@@H](C(=O)O)c1cccc(C(=O)c2ccccc2)c1.c1c[nH]cn1. The predicted molar refractivity (Wildman–Crippen MR) is 91.0 cm³/mol. The van der Waals surface area contributed by atoms with Gasteiger partial charge in [-0.15, -0.1) is 0 Å². The fourth-order valence-corrected chi connectivity index (χ4v) is 2.06. The summed E-state index contributed by atoms with van der Waals surface area (Å²) in [5.74, 6) is -1.62. The molecular weight excluding hydrogens is 304 g/mol. The fraction of sp³-hybridized carbons (Fsp3) is 0.105. The van der Waals surface area contributed by atoms with E-state index >= 15 is 0 Å². The highest BCUT2D eigenvalue weighted by molar-refractivity contribution is 6.09. The summed E-state index contributed by atoms with van der Waals surface area (Å²) in [6, 6.07) is 15.7. The van der Waals surface area contributed by atoms with Gasteiger partial charge in [0.1, 0.15) is 0 Å². The number of carboxylic acids is 1. The molecule has 1 heterocycles. The summed E-state index contributed by atoms with van der Waals surface area (Å²) in [6.07, 6.45) is 5.08. The van der Waals surface area contributed by atoms with Crippen molar-refractivity contribution < 1.29 is 14.7 Å². The molecule has 0 bridgehead atoms. The van der Waals surface area contributed by atoms with E-state index in [1.54, 1.807) is 74.2 Å². The lowest BCUT2D eigenvalue weighted by molar-refractivity contribution is -0.138. The third-order valence-electron chi connectivity index (χ3n) is 3.46. The molecule has 3 rings (SSSR count). The molecule has 122 valence electrons. The van der Waals surface area contributed by atoms with Crippen LogP contribution in [0.1, 0.15) is 34.3 Å². The second kappa shape index (κ2) is 8.43. The van der Waals surface area contributed by atoms with Gasteiger partial charge in [0.2, 0.25) is 0 Å². The van der Waals surface area contributed by atoms with Crippen molar-refractivity contribution in [3.63, 3.8) is 0 Å². The molecule has 0 aliphatic heterocycles. The Balaban J connectivity index is 0.000000355. The lowest BCUT2D eigenvalue weighted by Crippen LogP contribution is -2.09. The zero-order valence-electron chi connectivity index (χ0n) is 13.2. The van der Waals surface area contributed by atoms with Crippen molar-refractivity contribution in [2.24, 2.45) is 0 Å². The second-order valence-electron chi connectivity index (χ2n) is 5.14. The van der Waals surface area contributed by atoms with Crippen LogP contribution in [0.4, 0.5) is 0 Å². The Morgan fingerprint density at radius 3 is 2.29 bits per heavy atom. The van der Waals surface area contributed by atoms with Gasteiger partial charge in [-0.05, 0) is 18.6 Å². The van der Waals surface area contributed by atoms with Gasteiger partial charge in [0.15, 0.2) is 5.78 Å². The first-order chi connectivity index (χ1) is 11.6. The molecule has 2 N–H and O–H groups in total. The van der Waals surface area contributed by atoms with Crippen LogP contribution in [0.25, 0.3) is 0 Å². The van der Waals surface area contributed by atoms with Crippen molar-refractivity contribution in [3.05, 3.63) is 90.0 Å². The maximum Gasteiger partial charge on any atom is 0.310 e. The molecule has 0 saturated heterocycles. The smallest absolute Gasteiger partial charge is 0.310 e. The number of imidazole rings is 1. The van der Waals surface area contributed by atoms with Gasteiger partial charge >= 0.3 is 5.97 Å². The van der Waals surface area contributed by atoms with Crippen LogP contribution in [0.15, 0.2) is 73.3 Å². The first-order valence-electron chi connectivity index (χ1n) is 7.45. The third-order valence-corrected chi connectivity index (χ3v) is 3.46. The topological polar surface area (TPSA) is 83.0 Å². The van der Waals surface area contributed by atoms with Crippen LogP contribution in [0.5, 0.6) is 0 Å². The standard InChI is InChI=1S/C16H14O3.C3H4N2/c1-11(16(18)19)13-8-5-9-14(10-13)15(17)12-6-3-2-4-7-12;1-2-5-3-4-1/h2-11H,1H3,(H,18,19);1-3H,(H,4,5)/t11-;/m1./s1. The molecule has 1 atom stereocenters. The molecule has 24 heavy (non-hydrogen) atoms. The highest BCUT2D eigenvalue weighted by Crippen LogP contribution is 2.18. The summed E-state index contributed by atoms with van der Waals surface area (Å²) >= 11 is 0. The number of hydrogen-bond donors (Lipinski definition) is 2. The van der Waals surface area contributed by atoms with Gasteiger partial charge in [-0.3, -0.25) is 9.59 Å². The molecule has 0 fully saturated rings. The predicted octanol–water partition coefficient (Wildman–Crippen LogP) is 3.52. The quantitative estimate of drug-likeness (QED) is 0.720. The van der Waals surface area contributed by atoms with Gasteiger partial charge in [0, 0.05) is 23.5 Å². The van der Waals surface area contributed by atoms with Crippen molar-refractivity contribution >= 4 is 11.8 Å². The van der Waals surface area contributed by atoms with E-state index in [9.17, 15) is 9.59 Å². The van der Waals surface area contributed by atoms with Crippen LogP contribution in [-0.2, 0) is 4.79 Å². The number of ketones is 1. The van der Waals surface area contributed by atoms with Gasteiger partial charge in [-0.25, -0.2) is 4.98 Å². The van der Waals surface area contributed by atoms with Gasteiger partial charge in [0.25, 0.3) is 0 Å². The fourth-order valence-electron chi connectivity index (χ4n) is 2.06. The summed E-state index contributed by atoms with van der Waals surface area (Å²) in [7, 11) is 0. The van der Waals surface area contributed by atoms with Crippen LogP contribution in [0, 0.1) is 0 Å². The molecule has 0 saturated carbocycles. The van der Waals surface area contributed by atoms with E-state index in [4.69, 9.17) is 5.11 Å². The van der Waals surface area contributed by atoms with E-state index < -0.39 is 11.9 Å². The highest BCUT2D eigenvalue weighted by atomic mass is 16.4. The minimum absolute atomic E-state index is 0.0972. The van der Waals surface area contributed by atoms with E-state index in [1.165, 1.54) is 0 Å². The number of aliphatic carboxylic acids is 1. The first kappa shape index (κ1) is 17.1. The molecule has 5 nitrogen and oxygen atoms in total. The van der Waals surface area contributed by atoms with E-state index in [1.807, 2.05) is 6.07 Å². The van der Waals surface area contributed by atoms with Gasteiger partial charge in [-0.2, -0.15) is 0 Å². The van der Waals surface area contributed by atoms with Gasteiger partial charge in [0.05, 0.1) is 12.2 Å².